The number of hydrogen-bond acceptors (Lipinski definition) is 4. The molecule has 0 unspecified atom stereocenters. The van der Waals surface area contributed by atoms with Crippen molar-refractivity contribution in [2.45, 2.75) is 13.3 Å². The minimum absolute atomic E-state index is 0.0357. The van der Waals surface area contributed by atoms with Gasteiger partial charge >= 0.3 is 0 Å². The van der Waals surface area contributed by atoms with Gasteiger partial charge in [0.2, 0.25) is 5.22 Å². The molecule has 1 aromatic heterocycles. The van der Waals surface area contributed by atoms with Crippen molar-refractivity contribution in [2.24, 2.45) is 10.9 Å². The van der Waals surface area contributed by atoms with Gasteiger partial charge < -0.3 is 20.3 Å². The second-order valence-corrected chi connectivity index (χ2v) is 3.77. The molecule has 1 amide bonds. The molecular weight excluding hydrogens is 246 g/mol. The van der Waals surface area contributed by atoms with Gasteiger partial charge in [0.05, 0.1) is 18.4 Å². The molecule has 0 aliphatic carbocycles. The van der Waals surface area contributed by atoms with Crippen LogP contribution in [0.2, 0.25) is 5.22 Å². The van der Waals surface area contributed by atoms with Gasteiger partial charge in [0.1, 0.15) is 0 Å². The molecule has 94 valence electrons. The standard InChI is InChI=1S/C10H14ClN3O3/c1-2-4-14(6-8(12)13-16)10(15)7-3-5-17-9(7)11/h3,5,16H,2,4,6H2,1H3,(H2,12,13). The number of nitrogens with zero attached hydrogens (tertiary/aromatic N) is 2. The van der Waals surface area contributed by atoms with Gasteiger partial charge in [-0.15, -0.1) is 0 Å². The highest BCUT2D eigenvalue weighted by Gasteiger charge is 2.20. The van der Waals surface area contributed by atoms with E-state index in [-0.39, 0.29) is 29.1 Å². The average Bonchev–Trinajstić information content (AvgIpc) is 2.73. The normalized spacial score (nSPS) is 11.5. The summed E-state index contributed by atoms with van der Waals surface area (Å²) in [5, 5.41) is 11.4. The van der Waals surface area contributed by atoms with Gasteiger partial charge in [0, 0.05) is 6.54 Å². The largest absolute Gasteiger partial charge is 0.452 e. The topological polar surface area (TPSA) is 92.1 Å². The monoisotopic (exact) mass is 259 g/mol. The van der Waals surface area contributed by atoms with Gasteiger partial charge in [-0.1, -0.05) is 12.1 Å². The summed E-state index contributed by atoms with van der Waals surface area (Å²) < 4.78 is 4.85. The third-order valence-corrected chi connectivity index (χ3v) is 2.40. The van der Waals surface area contributed by atoms with Crippen LogP contribution in [0.5, 0.6) is 0 Å². The van der Waals surface area contributed by atoms with Crippen molar-refractivity contribution in [1.29, 1.82) is 0 Å². The van der Waals surface area contributed by atoms with Crippen LogP contribution in [-0.2, 0) is 0 Å². The molecule has 0 spiro atoms. The molecule has 1 rings (SSSR count). The van der Waals surface area contributed by atoms with Crippen LogP contribution in [0.4, 0.5) is 0 Å². The van der Waals surface area contributed by atoms with Crippen molar-refractivity contribution < 1.29 is 14.4 Å². The van der Waals surface area contributed by atoms with E-state index in [0.717, 1.165) is 6.42 Å². The lowest BCUT2D eigenvalue weighted by atomic mass is 10.2. The Morgan fingerprint density at radius 3 is 2.88 bits per heavy atom. The zero-order valence-electron chi connectivity index (χ0n) is 9.39. The number of rotatable bonds is 5. The van der Waals surface area contributed by atoms with Crippen LogP contribution in [-0.4, -0.2) is 34.9 Å². The zero-order chi connectivity index (χ0) is 12.8. The van der Waals surface area contributed by atoms with Gasteiger partial charge in [-0.05, 0) is 24.1 Å². The van der Waals surface area contributed by atoms with Crippen molar-refractivity contribution >= 4 is 23.3 Å². The smallest absolute Gasteiger partial charge is 0.259 e. The maximum Gasteiger partial charge on any atom is 0.259 e. The maximum atomic E-state index is 12.1. The lowest BCUT2D eigenvalue weighted by molar-refractivity contribution is 0.0777. The molecular formula is C10H14ClN3O3. The zero-order valence-corrected chi connectivity index (χ0v) is 10.1. The van der Waals surface area contributed by atoms with Crippen LogP contribution < -0.4 is 5.73 Å². The average molecular weight is 260 g/mol. The molecule has 0 radical (unpaired) electrons. The predicted octanol–water partition coefficient (Wildman–Crippen LogP) is 1.53. The van der Waals surface area contributed by atoms with Crippen LogP contribution in [0.15, 0.2) is 21.9 Å². The first kappa shape index (κ1) is 13.4. The van der Waals surface area contributed by atoms with E-state index >= 15 is 0 Å². The molecule has 3 N–H and O–H groups in total. The fourth-order valence-electron chi connectivity index (χ4n) is 1.37. The fraction of sp³-hybridized carbons (Fsp3) is 0.400. The van der Waals surface area contributed by atoms with E-state index in [1.165, 1.54) is 17.2 Å². The number of amides is 1. The van der Waals surface area contributed by atoms with Crippen molar-refractivity contribution in [2.75, 3.05) is 13.1 Å². The van der Waals surface area contributed by atoms with Crippen molar-refractivity contribution in [3.8, 4) is 0 Å². The second kappa shape index (κ2) is 6.15. The number of carbonyl (C=O) groups excluding carboxylic acids is 1. The number of carbonyl (C=O) groups is 1. The molecule has 7 heteroatoms. The molecule has 6 nitrogen and oxygen atoms in total. The summed E-state index contributed by atoms with van der Waals surface area (Å²) in [6.45, 7) is 2.45. The number of amidine groups is 1. The number of nitrogens with two attached hydrogens (primary N) is 1. The molecule has 0 aromatic carbocycles. The highest BCUT2D eigenvalue weighted by atomic mass is 35.5. The number of oxime groups is 1. The van der Waals surface area contributed by atoms with Gasteiger partial charge in [0.25, 0.3) is 5.91 Å². The summed E-state index contributed by atoms with van der Waals surface area (Å²) >= 11 is 5.72. The van der Waals surface area contributed by atoms with Gasteiger partial charge in [0.15, 0.2) is 5.84 Å². The predicted molar refractivity (Wildman–Crippen MR) is 63.3 cm³/mol. The van der Waals surface area contributed by atoms with Gasteiger partial charge in [-0.3, -0.25) is 4.79 Å². The second-order valence-electron chi connectivity index (χ2n) is 3.43. The van der Waals surface area contributed by atoms with E-state index < -0.39 is 0 Å². The quantitative estimate of drug-likeness (QED) is 0.363. The summed E-state index contributed by atoms with van der Waals surface area (Å²) in [5.41, 5.74) is 5.65. The molecule has 17 heavy (non-hydrogen) atoms. The SMILES string of the molecule is CCCN(C/C(N)=N/O)C(=O)c1ccoc1Cl. The minimum atomic E-state index is -0.308. The Labute approximate surface area is 104 Å². The summed E-state index contributed by atoms with van der Waals surface area (Å²) in [5.74, 6) is -0.344. The summed E-state index contributed by atoms with van der Waals surface area (Å²) in [7, 11) is 0. The van der Waals surface area contributed by atoms with E-state index in [0.29, 0.717) is 6.54 Å². The van der Waals surface area contributed by atoms with Crippen LogP contribution in [0.1, 0.15) is 23.7 Å². The molecule has 1 aromatic rings. The molecule has 0 aliphatic heterocycles. The molecule has 1 heterocycles. The lowest BCUT2D eigenvalue weighted by Crippen LogP contribution is -2.39. The van der Waals surface area contributed by atoms with Crippen molar-refractivity contribution in [3.63, 3.8) is 0 Å². The highest BCUT2D eigenvalue weighted by Crippen LogP contribution is 2.18. The van der Waals surface area contributed by atoms with E-state index in [4.69, 9.17) is 27.0 Å². The Hall–Kier alpha value is -1.69. The fourth-order valence-corrected chi connectivity index (χ4v) is 1.56. The summed E-state index contributed by atoms with van der Waals surface area (Å²) in [6.07, 6.45) is 2.09. The van der Waals surface area contributed by atoms with E-state index in [1.807, 2.05) is 6.92 Å². The Balaban J connectivity index is 2.84. The van der Waals surface area contributed by atoms with Gasteiger partial charge in [-0.25, -0.2) is 0 Å². The third-order valence-electron chi connectivity index (χ3n) is 2.11. The Bertz CT molecular complexity index is 417. The third kappa shape index (κ3) is 3.39. The summed E-state index contributed by atoms with van der Waals surface area (Å²) in [4.78, 5) is 13.5. The minimum Gasteiger partial charge on any atom is -0.452 e. The van der Waals surface area contributed by atoms with E-state index in [2.05, 4.69) is 5.16 Å². The maximum absolute atomic E-state index is 12.1. The molecule has 0 atom stereocenters. The lowest BCUT2D eigenvalue weighted by Gasteiger charge is -2.20. The van der Waals surface area contributed by atoms with E-state index in [1.54, 1.807) is 0 Å². The molecule has 0 fully saturated rings. The Morgan fingerprint density at radius 2 is 2.41 bits per heavy atom. The molecule has 0 bridgehead atoms. The number of hydrogen-bond donors (Lipinski definition) is 2. The van der Waals surface area contributed by atoms with Crippen LogP contribution in [0.25, 0.3) is 0 Å². The summed E-state index contributed by atoms with van der Waals surface area (Å²) in [6, 6.07) is 1.49. The highest BCUT2D eigenvalue weighted by molar-refractivity contribution is 6.32. The Kier molecular flexibility index (Phi) is 4.84. The van der Waals surface area contributed by atoms with E-state index in [9.17, 15) is 4.79 Å². The van der Waals surface area contributed by atoms with Crippen molar-refractivity contribution in [1.82, 2.24) is 4.90 Å². The van der Waals surface area contributed by atoms with Crippen LogP contribution in [0, 0.1) is 0 Å². The van der Waals surface area contributed by atoms with Crippen LogP contribution in [0.3, 0.4) is 0 Å². The molecule has 0 aliphatic rings. The number of halogens is 1. The molecule has 0 saturated heterocycles. The Morgan fingerprint density at radius 1 is 1.71 bits per heavy atom. The first-order chi connectivity index (χ1) is 8.10. The van der Waals surface area contributed by atoms with Crippen LogP contribution >= 0.6 is 11.6 Å². The first-order valence-electron chi connectivity index (χ1n) is 5.08. The number of furan rings is 1. The first-order valence-corrected chi connectivity index (χ1v) is 5.46. The molecule has 0 saturated carbocycles. The van der Waals surface area contributed by atoms with Gasteiger partial charge in [-0.2, -0.15) is 0 Å². The van der Waals surface area contributed by atoms with Crippen molar-refractivity contribution in [3.05, 3.63) is 23.1 Å².